The summed E-state index contributed by atoms with van der Waals surface area (Å²) in [4.78, 5) is 14.8. The zero-order chi connectivity index (χ0) is 17.0. The molecule has 1 aliphatic carbocycles. The van der Waals surface area contributed by atoms with Crippen LogP contribution in [0.5, 0.6) is 0 Å². The third-order valence-corrected chi connectivity index (χ3v) is 5.75. The highest BCUT2D eigenvalue weighted by atomic mass is 16.1. The van der Waals surface area contributed by atoms with Crippen molar-refractivity contribution in [3.05, 3.63) is 65.7 Å². The highest BCUT2D eigenvalue weighted by molar-refractivity contribution is 6.21. The number of hydrogen-bond donors (Lipinski definition) is 0. The number of ketones is 1. The van der Waals surface area contributed by atoms with E-state index < -0.39 is 0 Å². The molecule has 1 spiro atoms. The molecule has 1 saturated carbocycles. The van der Waals surface area contributed by atoms with E-state index in [0.29, 0.717) is 12.8 Å². The highest BCUT2D eigenvalue weighted by Crippen LogP contribution is 2.53. The molecule has 0 bridgehead atoms. The van der Waals surface area contributed by atoms with Crippen LogP contribution in [0, 0.1) is 0 Å². The number of rotatable bonds is 2. The van der Waals surface area contributed by atoms with Crippen LogP contribution < -0.4 is 4.90 Å². The van der Waals surface area contributed by atoms with Crippen molar-refractivity contribution in [3.8, 4) is 0 Å². The molecule has 0 radical (unpaired) electrons. The molecule has 2 aliphatic heterocycles. The molecule has 0 saturated heterocycles. The number of Topliss-reactive ketones (excluding diaryl/α,β-unsaturated/α-hetero) is 1. The van der Waals surface area contributed by atoms with Crippen molar-refractivity contribution in [2.45, 2.75) is 37.8 Å². The number of carbonyl (C=O) groups is 1. The minimum absolute atomic E-state index is 0.0732. The first-order chi connectivity index (χ1) is 12.2. The van der Waals surface area contributed by atoms with Gasteiger partial charge in [-0.25, -0.2) is 0 Å². The Bertz CT molecular complexity index is 931. The first-order valence-electron chi connectivity index (χ1n) is 8.73. The summed E-state index contributed by atoms with van der Waals surface area (Å²) in [5.41, 5.74) is 5.30. The Morgan fingerprint density at radius 1 is 1.08 bits per heavy atom. The summed E-state index contributed by atoms with van der Waals surface area (Å²) in [6, 6.07) is 19.0. The Labute approximate surface area is 146 Å². The van der Waals surface area contributed by atoms with Gasteiger partial charge in [0.05, 0.1) is 22.9 Å². The molecule has 0 amide bonds. The first-order valence-corrected chi connectivity index (χ1v) is 8.73. The molecule has 2 atom stereocenters. The van der Waals surface area contributed by atoms with E-state index in [4.69, 9.17) is 0 Å². The normalized spacial score (nSPS) is 26.7. The molecule has 124 valence electrons. The van der Waals surface area contributed by atoms with Gasteiger partial charge in [0.2, 0.25) is 0 Å². The molecule has 4 heteroatoms. The lowest BCUT2D eigenvalue weighted by Gasteiger charge is -2.38. The van der Waals surface area contributed by atoms with Gasteiger partial charge in [0.1, 0.15) is 5.78 Å². The maximum absolute atomic E-state index is 12.4. The number of para-hydroxylation sites is 1. The van der Waals surface area contributed by atoms with Gasteiger partial charge < -0.3 is 4.90 Å². The third kappa shape index (κ3) is 1.91. The molecule has 25 heavy (non-hydrogen) atoms. The second kappa shape index (κ2) is 5.12. The average molecular weight is 329 g/mol. The molecule has 0 N–H and O–H groups in total. The van der Waals surface area contributed by atoms with E-state index in [1.165, 1.54) is 16.8 Å². The molecule has 3 aliphatic rings. The van der Waals surface area contributed by atoms with E-state index in [1.54, 1.807) is 0 Å². The minimum Gasteiger partial charge on any atom is -0.357 e. The summed E-state index contributed by atoms with van der Waals surface area (Å²) >= 11 is 0. The maximum atomic E-state index is 12.4. The van der Waals surface area contributed by atoms with Crippen molar-refractivity contribution >= 4 is 22.9 Å². The topological polar surface area (TPSA) is 45.0 Å². The second-order valence-electron chi connectivity index (χ2n) is 7.18. The van der Waals surface area contributed by atoms with Crippen LogP contribution >= 0.6 is 0 Å². The third-order valence-electron chi connectivity index (χ3n) is 5.75. The van der Waals surface area contributed by atoms with Crippen LogP contribution in [0.2, 0.25) is 0 Å². The summed E-state index contributed by atoms with van der Waals surface area (Å²) in [6.07, 6.45) is 0.965. The molecule has 2 heterocycles. The number of carbonyl (C=O) groups excluding carboxylic acids is 1. The smallest absolute Gasteiger partial charge is 0.139 e. The maximum Gasteiger partial charge on any atom is 0.139 e. The van der Waals surface area contributed by atoms with Crippen LogP contribution in [-0.4, -0.2) is 23.2 Å². The Hall–Kier alpha value is -2.75. The number of hydrogen-bond acceptors (Lipinski definition) is 4. The number of fused-ring (bicyclic) bond motifs is 1. The molecule has 5 rings (SSSR count). The quantitative estimate of drug-likeness (QED) is 0.846. The molecular weight excluding hydrogens is 310 g/mol. The van der Waals surface area contributed by atoms with E-state index in [1.807, 2.05) is 13.0 Å². The van der Waals surface area contributed by atoms with Gasteiger partial charge >= 0.3 is 0 Å². The van der Waals surface area contributed by atoms with Gasteiger partial charge in [-0.05, 0) is 24.1 Å². The van der Waals surface area contributed by atoms with E-state index in [-0.39, 0.29) is 17.2 Å². The predicted molar refractivity (Wildman–Crippen MR) is 99.3 cm³/mol. The number of nitrogens with zero attached hydrogens (tertiary/aromatic N) is 3. The van der Waals surface area contributed by atoms with Gasteiger partial charge in [-0.1, -0.05) is 48.5 Å². The molecule has 1 fully saturated rings. The highest BCUT2D eigenvalue weighted by Gasteiger charge is 2.60. The molecule has 0 unspecified atom stereocenters. The Kier molecular flexibility index (Phi) is 2.99. The van der Waals surface area contributed by atoms with E-state index in [9.17, 15) is 4.79 Å². The minimum atomic E-state index is -0.325. The summed E-state index contributed by atoms with van der Waals surface area (Å²) in [6.45, 7) is 2.85. The van der Waals surface area contributed by atoms with Gasteiger partial charge in [-0.3, -0.25) is 4.79 Å². The van der Waals surface area contributed by atoms with Crippen LogP contribution in [0.1, 0.15) is 30.9 Å². The molecular formula is C21H19N3O. The Balaban J connectivity index is 1.70. The fraction of sp³-hybridized carbons (Fsp3) is 0.286. The molecule has 0 aromatic heterocycles. The summed E-state index contributed by atoms with van der Waals surface area (Å²) in [7, 11) is 0. The van der Waals surface area contributed by atoms with Crippen molar-refractivity contribution in [2.24, 2.45) is 10.2 Å². The zero-order valence-electron chi connectivity index (χ0n) is 14.1. The predicted octanol–water partition coefficient (Wildman–Crippen LogP) is 3.51. The summed E-state index contributed by atoms with van der Waals surface area (Å²) in [5, 5.41) is 8.88. The largest absolute Gasteiger partial charge is 0.357 e. The molecule has 2 aromatic carbocycles. The molecule has 2 aromatic rings. The Morgan fingerprint density at radius 2 is 1.84 bits per heavy atom. The van der Waals surface area contributed by atoms with Crippen molar-refractivity contribution in [1.29, 1.82) is 0 Å². The van der Waals surface area contributed by atoms with Gasteiger partial charge in [-0.2, -0.15) is 10.2 Å². The molecule has 4 nitrogen and oxygen atoms in total. The number of anilines is 1. The zero-order valence-corrected chi connectivity index (χ0v) is 14.1. The van der Waals surface area contributed by atoms with Crippen LogP contribution in [0.25, 0.3) is 0 Å². The fourth-order valence-electron chi connectivity index (χ4n) is 4.84. The first kappa shape index (κ1) is 14.6. The van der Waals surface area contributed by atoms with Crippen molar-refractivity contribution < 1.29 is 4.79 Å². The lowest BCUT2D eigenvalue weighted by atomic mass is 9.72. The van der Waals surface area contributed by atoms with Crippen LogP contribution in [0.3, 0.4) is 0 Å². The summed E-state index contributed by atoms with van der Waals surface area (Å²) < 4.78 is 0. The standard InChI is InChI=1S/C21H19N3O/c1-14-20-21(12-16(25)11-19(21)23-22-14)17-9-5-6-10-18(17)24(20)13-15-7-3-2-4-8-15/h2-10,20H,11-13H2,1H3/t20-,21+/m0/s1. The summed E-state index contributed by atoms with van der Waals surface area (Å²) in [5.74, 6) is 0.269. The average Bonchev–Trinajstić information content (AvgIpc) is 3.11. The lowest BCUT2D eigenvalue weighted by molar-refractivity contribution is -0.117. The van der Waals surface area contributed by atoms with E-state index in [0.717, 1.165) is 18.0 Å². The van der Waals surface area contributed by atoms with Gasteiger partial charge in [0, 0.05) is 25.1 Å². The second-order valence-corrected chi connectivity index (χ2v) is 7.18. The lowest BCUT2D eigenvalue weighted by Crippen LogP contribution is -2.53. The van der Waals surface area contributed by atoms with Crippen LogP contribution in [0.15, 0.2) is 64.8 Å². The van der Waals surface area contributed by atoms with Gasteiger partial charge in [0.25, 0.3) is 0 Å². The van der Waals surface area contributed by atoms with Crippen molar-refractivity contribution in [2.75, 3.05) is 4.90 Å². The van der Waals surface area contributed by atoms with Gasteiger partial charge in [-0.15, -0.1) is 0 Å². The monoisotopic (exact) mass is 329 g/mol. The SMILES string of the molecule is CC1=NN=C2CC(=O)C[C@@]23c2ccccc2N(Cc2ccccc2)[C@@H]13. The van der Waals surface area contributed by atoms with Crippen LogP contribution in [-0.2, 0) is 16.8 Å². The van der Waals surface area contributed by atoms with Crippen LogP contribution in [0.4, 0.5) is 5.69 Å². The fourth-order valence-corrected chi connectivity index (χ4v) is 4.84. The van der Waals surface area contributed by atoms with E-state index >= 15 is 0 Å². The van der Waals surface area contributed by atoms with Gasteiger partial charge in [0.15, 0.2) is 0 Å². The number of benzene rings is 2. The van der Waals surface area contributed by atoms with Crippen molar-refractivity contribution in [3.63, 3.8) is 0 Å². The van der Waals surface area contributed by atoms with Crippen molar-refractivity contribution in [1.82, 2.24) is 0 Å². The Morgan fingerprint density at radius 3 is 2.68 bits per heavy atom. The van der Waals surface area contributed by atoms with E-state index in [2.05, 4.69) is 63.6 Å².